The molecule has 2 saturated heterocycles. The summed E-state index contributed by atoms with van der Waals surface area (Å²) in [4.78, 5) is 11.3. The van der Waals surface area contributed by atoms with E-state index >= 15 is 0 Å². The molecule has 2 aliphatic rings. The molecule has 0 spiro atoms. The molecule has 14 heavy (non-hydrogen) atoms. The Bertz CT molecular complexity index is 202. The maximum absolute atomic E-state index is 11.3. The molecule has 2 heterocycles. The first kappa shape index (κ1) is 10.1. The van der Waals surface area contributed by atoms with Crippen LogP contribution in [0.15, 0.2) is 0 Å². The number of carbonyl (C=O) groups is 1. The van der Waals surface area contributed by atoms with Gasteiger partial charge < -0.3 is 16.0 Å². The van der Waals surface area contributed by atoms with Crippen molar-refractivity contribution in [1.29, 1.82) is 0 Å². The van der Waals surface area contributed by atoms with Crippen LogP contribution in [0.2, 0.25) is 0 Å². The fraction of sp³-hybridized carbons (Fsp3) is 0.889. The molecule has 0 saturated carbocycles. The van der Waals surface area contributed by atoms with Crippen LogP contribution in [-0.2, 0) is 0 Å². The highest BCUT2D eigenvalue weighted by Crippen LogP contribution is 2.25. The molecular weight excluding hydrogens is 198 g/mol. The molecule has 1 unspecified atom stereocenters. The van der Waals surface area contributed by atoms with Crippen molar-refractivity contribution < 1.29 is 4.79 Å². The lowest BCUT2D eigenvalue weighted by atomic mass is 10.2. The zero-order valence-electron chi connectivity index (χ0n) is 8.21. The SMILES string of the molecule is O=C(NCC1CCCS1)NC1CNC1. The van der Waals surface area contributed by atoms with Crippen LogP contribution < -0.4 is 16.0 Å². The monoisotopic (exact) mass is 215 g/mol. The molecule has 3 N–H and O–H groups in total. The van der Waals surface area contributed by atoms with E-state index in [1.165, 1.54) is 18.6 Å². The number of thioether (sulfide) groups is 1. The van der Waals surface area contributed by atoms with Gasteiger partial charge in [-0.05, 0) is 18.6 Å². The Morgan fingerprint density at radius 3 is 2.93 bits per heavy atom. The van der Waals surface area contributed by atoms with Gasteiger partial charge in [-0.1, -0.05) is 0 Å². The van der Waals surface area contributed by atoms with Crippen LogP contribution in [0.25, 0.3) is 0 Å². The average Bonchev–Trinajstić information content (AvgIpc) is 2.60. The molecule has 2 aliphatic heterocycles. The number of hydrogen-bond acceptors (Lipinski definition) is 3. The fourth-order valence-corrected chi connectivity index (χ4v) is 2.84. The van der Waals surface area contributed by atoms with Crippen molar-refractivity contribution in [3.8, 4) is 0 Å². The minimum absolute atomic E-state index is 0.0102. The maximum Gasteiger partial charge on any atom is 0.315 e. The van der Waals surface area contributed by atoms with Gasteiger partial charge in [-0.25, -0.2) is 4.79 Å². The standard InChI is InChI=1S/C9H17N3OS/c13-9(12-7-4-10-5-7)11-6-8-2-1-3-14-8/h7-8,10H,1-6H2,(H2,11,12,13). The molecule has 0 radical (unpaired) electrons. The lowest BCUT2D eigenvalue weighted by Crippen LogP contribution is -2.59. The molecule has 4 nitrogen and oxygen atoms in total. The molecule has 2 amide bonds. The number of rotatable bonds is 3. The summed E-state index contributed by atoms with van der Waals surface area (Å²) in [5.41, 5.74) is 0. The summed E-state index contributed by atoms with van der Waals surface area (Å²) in [6, 6.07) is 0.329. The van der Waals surface area contributed by atoms with Crippen LogP contribution in [0.1, 0.15) is 12.8 Å². The topological polar surface area (TPSA) is 53.2 Å². The zero-order chi connectivity index (χ0) is 9.80. The fourth-order valence-electron chi connectivity index (χ4n) is 1.64. The summed E-state index contributed by atoms with van der Waals surface area (Å²) in [6.07, 6.45) is 2.54. The molecule has 5 heteroatoms. The van der Waals surface area contributed by atoms with Gasteiger partial charge >= 0.3 is 6.03 Å². The van der Waals surface area contributed by atoms with Crippen LogP contribution in [0, 0.1) is 0 Å². The third-order valence-electron chi connectivity index (χ3n) is 2.63. The highest BCUT2D eigenvalue weighted by atomic mass is 32.2. The van der Waals surface area contributed by atoms with Crippen molar-refractivity contribution in [2.45, 2.75) is 24.1 Å². The van der Waals surface area contributed by atoms with E-state index < -0.39 is 0 Å². The zero-order valence-corrected chi connectivity index (χ0v) is 9.03. The minimum Gasteiger partial charge on any atom is -0.337 e. The normalized spacial score (nSPS) is 27.0. The van der Waals surface area contributed by atoms with E-state index in [1.54, 1.807) is 0 Å². The second-order valence-electron chi connectivity index (χ2n) is 3.84. The first-order chi connectivity index (χ1) is 6.84. The van der Waals surface area contributed by atoms with E-state index in [0.29, 0.717) is 11.3 Å². The molecule has 2 rings (SSSR count). The lowest BCUT2D eigenvalue weighted by Gasteiger charge is -2.28. The Balaban J connectivity index is 1.57. The predicted molar refractivity (Wildman–Crippen MR) is 58.7 cm³/mol. The Morgan fingerprint density at radius 1 is 1.50 bits per heavy atom. The highest BCUT2D eigenvalue weighted by molar-refractivity contribution is 8.00. The Kier molecular flexibility index (Phi) is 3.53. The summed E-state index contributed by atoms with van der Waals surface area (Å²) in [7, 11) is 0. The highest BCUT2D eigenvalue weighted by Gasteiger charge is 2.20. The largest absolute Gasteiger partial charge is 0.337 e. The van der Waals surface area contributed by atoms with E-state index in [0.717, 1.165) is 19.6 Å². The van der Waals surface area contributed by atoms with Gasteiger partial charge in [-0.15, -0.1) is 0 Å². The van der Waals surface area contributed by atoms with Crippen molar-refractivity contribution in [3.05, 3.63) is 0 Å². The molecule has 0 aliphatic carbocycles. The summed E-state index contributed by atoms with van der Waals surface area (Å²) >= 11 is 1.97. The first-order valence-corrected chi connectivity index (χ1v) is 6.26. The van der Waals surface area contributed by atoms with E-state index in [9.17, 15) is 4.79 Å². The average molecular weight is 215 g/mol. The van der Waals surface area contributed by atoms with Gasteiger partial charge in [0, 0.05) is 24.9 Å². The second-order valence-corrected chi connectivity index (χ2v) is 5.25. The van der Waals surface area contributed by atoms with Crippen LogP contribution in [-0.4, -0.2) is 42.7 Å². The van der Waals surface area contributed by atoms with Crippen LogP contribution in [0.5, 0.6) is 0 Å². The van der Waals surface area contributed by atoms with E-state index in [-0.39, 0.29) is 6.03 Å². The molecule has 0 aromatic heterocycles. The van der Waals surface area contributed by atoms with Gasteiger partial charge in [0.1, 0.15) is 0 Å². The van der Waals surface area contributed by atoms with Gasteiger partial charge in [0.05, 0.1) is 6.04 Å². The lowest BCUT2D eigenvalue weighted by molar-refractivity contribution is 0.231. The third-order valence-corrected chi connectivity index (χ3v) is 4.03. The molecular formula is C9H17N3OS. The van der Waals surface area contributed by atoms with Crippen molar-refractivity contribution in [1.82, 2.24) is 16.0 Å². The van der Waals surface area contributed by atoms with E-state index in [4.69, 9.17) is 0 Å². The summed E-state index contributed by atoms with van der Waals surface area (Å²) in [5, 5.41) is 9.60. The Labute approximate surface area is 88.6 Å². The third kappa shape index (κ3) is 2.78. The number of amides is 2. The minimum atomic E-state index is -0.0102. The van der Waals surface area contributed by atoms with E-state index in [1.807, 2.05) is 11.8 Å². The number of urea groups is 1. The van der Waals surface area contributed by atoms with Crippen LogP contribution in [0.4, 0.5) is 4.79 Å². The Hall–Kier alpha value is -0.420. The van der Waals surface area contributed by atoms with Crippen molar-refractivity contribution in [2.24, 2.45) is 0 Å². The molecule has 2 fully saturated rings. The van der Waals surface area contributed by atoms with Gasteiger partial charge in [0.25, 0.3) is 0 Å². The molecule has 0 aromatic carbocycles. The summed E-state index contributed by atoms with van der Waals surface area (Å²) in [6.45, 7) is 2.63. The molecule has 80 valence electrons. The molecule has 0 aromatic rings. The molecule has 1 atom stereocenters. The van der Waals surface area contributed by atoms with Gasteiger partial charge in [0.15, 0.2) is 0 Å². The molecule has 0 bridgehead atoms. The first-order valence-electron chi connectivity index (χ1n) is 5.21. The number of carbonyl (C=O) groups excluding carboxylic acids is 1. The quantitative estimate of drug-likeness (QED) is 0.628. The summed E-state index contributed by atoms with van der Waals surface area (Å²) in [5.74, 6) is 1.25. The van der Waals surface area contributed by atoms with Crippen molar-refractivity contribution in [2.75, 3.05) is 25.4 Å². The summed E-state index contributed by atoms with van der Waals surface area (Å²) < 4.78 is 0. The smallest absolute Gasteiger partial charge is 0.315 e. The van der Waals surface area contributed by atoms with Crippen LogP contribution in [0.3, 0.4) is 0 Å². The van der Waals surface area contributed by atoms with Gasteiger partial charge in [-0.3, -0.25) is 0 Å². The second kappa shape index (κ2) is 4.89. The van der Waals surface area contributed by atoms with Crippen LogP contribution >= 0.6 is 11.8 Å². The van der Waals surface area contributed by atoms with Gasteiger partial charge in [0.2, 0.25) is 0 Å². The maximum atomic E-state index is 11.3. The van der Waals surface area contributed by atoms with E-state index in [2.05, 4.69) is 16.0 Å². The number of hydrogen-bond donors (Lipinski definition) is 3. The van der Waals surface area contributed by atoms with Gasteiger partial charge in [-0.2, -0.15) is 11.8 Å². The Morgan fingerprint density at radius 2 is 2.36 bits per heavy atom. The number of nitrogens with one attached hydrogen (secondary N) is 3. The predicted octanol–water partition coefficient (Wildman–Crippen LogP) is 0.153. The van der Waals surface area contributed by atoms with Crippen molar-refractivity contribution >= 4 is 17.8 Å². The van der Waals surface area contributed by atoms with Crippen molar-refractivity contribution in [3.63, 3.8) is 0 Å².